The molecule has 0 aromatic heterocycles. The number of carbonyl (C=O) groups excluding carboxylic acids is 1. The van der Waals surface area contributed by atoms with Crippen molar-refractivity contribution in [1.82, 2.24) is 5.32 Å². The molecule has 8 heteroatoms. The van der Waals surface area contributed by atoms with Crippen LogP contribution < -0.4 is 5.32 Å². The summed E-state index contributed by atoms with van der Waals surface area (Å²) in [5, 5.41) is 2.53. The zero-order valence-corrected chi connectivity index (χ0v) is 14.2. The van der Waals surface area contributed by atoms with Crippen LogP contribution in [-0.4, -0.2) is 29.7 Å². The van der Waals surface area contributed by atoms with E-state index in [4.69, 9.17) is 32.2 Å². The highest BCUT2D eigenvalue weighted by Gasteiger charge is 2.41. The Balaban J connectivity index is 2.96. The average Bonchev–Trinajstić information content (AvgIpc) is 2.45. The number of benzene rings is 1. The highest BCUT2D eigenvalue weighted by Crippen LogP contribution is 2.54. The van der Waals surface area contributed by atoms with Gasteiger partial charge in [-0.1, -0.05) is 18.2 Å². The van der Waals surface area contributed by atoms with Gasteiger partial charge in [-0.25, -0.2) is 0 Å². The maximum Gasteiger partial charge on any atom is 0.355 e. The van der Waals surface area contributed by atoms with Gasteiger partial charge in [-0.3, -0.25) is 9.36 Å². The van der Waals surface area contributed by atoms with E-state index in [2.05, 4.69) is 5.32 Å². The lowest BCUT2D eigenvalue weighted by Gasteiger charge is -2.27. The SMILES string of the molecule is CCOP(=O)(OCC)[C@@H](NC(=O)c1ccccc1)C(Cl)Cl. The molecule has 0 saturated carbocycles. The van der Waals surface area contributed by atoms with Crippen LogP contribution in [0.25, 0.3) is 0 Å². The number of amides is 1. The number of nitrogens with one attached hydrogen (secondary N) is 1. The lowest BCUT2D eigenvalue weighted by molar-refractivity contribution is 0.0939. The molecule has 0 aliphatic heterocycles. The first-order valence-electron chi connectivity index (χ1n) is 6.47. The van der Waals surface area contributed by atoms with Gasteiger partial charge in [0.1, 0.15) is 4.84 Å². The molecular formula is C13H18Cl2NO4P. The van der Waals surface area contributed by atoms with Gasteiger partial charge < -0.3 is 14.4 Å². The van der Waals surface area contributed by atoms with Crippen LogP contribution in [0.4, 0.5) is 0 Å². The molecule has 1 rings (SSSR count). The van der Waals surface area contributed by atoms with E-state index < -0.39 is 24.1 Å². The zero-order chi connectivity index (χ0) is 15.9. The van der Waals surface area contributed by atoms with E-state index >= 15 is 0 Å². The molecule has 0 bridgehead atoms. The average molecular weight is 354 g/mol. The van der Waals surface area contributed by atoms with Gasteiger partial charge in [0.2, 0.25) is 0 Å². The second-order valence-electron chi connectivity index (χ2n) is 3.99. The lowest BCUT2D eigenvalue weighted by atomic mass is 10.2. The number of carbonyl (C=O) groups is 1. The summed E-state index contributed by atoms with van der Waals surface area (Å²) in [6.45, 7) is 3.63. The van der Waals surface area contributed by atoms with Crippen molar-refractivity contribution >= 4 is 36.7 Å². The third-order valence-corrected chi connectivity index (χ3v) is 5.71. The quantitative estimate of drug-likeness (QED) is 0.570. The Labute approximate surface area is 134 Å². The maximum absolute atomic E-state index is 12.7. The van der Waals surface area contributed by atoms with Crippen LogP contribution in [-0.2, 0) is 13.6 Å². The molecule has 1 aromatic rings. The van der Waals surface area contributed by atoms with E-state index in [1.807, 2.05) is 0 Å². The van der Waals surface area contributed by atoms with Crippen molar-refractivity contribution in [3.05, 3.63) is 35.9 Å². The summed E-state index contributed by atoms with van der Waals surface area (Å²) in [6.07, 6.45) is 0. The molecule has 0 heterocycles. The van der Waals surface area contributed by atoms with Crippen molar-refractivity contribution in [3.63, 3.8) is 0 Å². The minimum atomic E-state index is -3.66. The molecule has 0 spiro atoms. The highest BCUT2D eigenvalue weighted by atomic mass is 35.5. The Kier molecular flexibility index (Phi) is 7.71. The standard InChI is InChI=1S/C13H18Cl2NO4P/c1-3-19-21(18,20-4-2)13(11(14)15)16-12(17)10-8-6-5-7-9-10/h5-9,11,13H,3-4H2,1-2H3,(H,16,17)/t13-/m1/s1. The highest BCUT2D eigenvalue weighted by molar-refractivity contribution is 7.55. The summed E-state index contributed by atoms with van der Waals surface area (Å²) >= 11 is 11.7. The molecule has 118 valence electrons. The summed E-state index contributed by atoms with van der Waals surface area (Å²) in [5.41, 5.74) is 0.399. The number of hydrogen-bond acceptors (Lipinski definition) is 4. The fourth-order valence-corrected chi connectivity index (χ4v) is 4.27. The molecule has 0 fully saturated rings. The van der Waals surface area contributed by atoms with Crippen LogP contribution in [0.15, 0.2) is 30.3 Å². The Morgan fingerprint density at radius 3 is 2.14 bits per heavy atom. The topological polar surface area (TPSA) is 64.6 Å². The van der Waals surface area contributed by atoms with E-state index in [1.165, 1.54) is 0 Å². The smallest absolute Gasteiger partial charge is 0.336 e. The minimum Gasteiger partial charge on any atom is -0.336 e. The van der Waals surface area contributed by atoms with Crippen molar-refractivity contribution in [2.75, 3.05) is 13.2 Å². The first-order valence-corrected chi connectivity index (χ1v) is 8.96. The van der Waals surface area contributed by atoms with Crippen molar-refractivity contribution in [2.24, 2.45) is 0 Å². The van der Waals surface area contributed by atoms with E-state index in [0.29, 0.717) is 5.56 Å². The van der Waals surface area contributed by atoms with Crippen LogP contribution in [0.5, 0.6) is 0 Å². The third-order valence-electron chi connectivity index (χ3n) is 2.51. The van der Waals surface area contributed by atoms with Gasteiger partial charge in [0.25, 0.3) is 5.91 Å². The summed E-state index contributed by atoms with van der Waals surface area (Å²) in [4.78, 5) is 11.0. The van der Waals surface area contributed by atoms with E-state index in [1.54, 1.807) is 44.2 Å². The lowest BCUT2D eigenvalue weighted by Crippen LogP contribution is -2.40. The molecular weight excluding hydrogens is 336 g/mol. The molecule has 0 unspecified atom stereocenters. The van der Waals surface area contributed by atoms with Crippen LogP contribution in [0.1, 0.15) is 24.2 Å². The molecule has 0 aliphatic carbocycles. The molecule has 5 nitrogen and oxygen atoms in total. The summed E-state index contributed by atoms with van der Waals surface area (Å²) in [6, 6.07) is 8.46. The first-order chi connectivity index (χ1) is 9.94. The van der Waals surface area contributed by atoms with Gasteiger partial charge in [-0.05, 0) is 26.0 Å². The van der Waals surface area contributed by atoms with Crippen LogP contribution in [0, 0.1) is 0 Å². The molecule has 0 saturated heterocycles. The predicted octanol–water partition coefficient (Wildman–Crippen LogP) is 3.81. The van der Waals surface area contributed by atoms with Gasteiger partial charge in [0.05, 0.1) is 13.2 Å². The Hall–Kier alpha value is -0.580. The van der Waals surface area contributed by atoms with Gasteiger partial charge in [0, 0.05) is 5.56 Å². The fraction of sp³-hybridized carbons (Fsp3) is 0.462. The summed E-state index contributed by atoms with van der Waals surface area (Å²) < 4.78 is 23.1. The molecule has 21 heavy (non-hydrogen) atoms. The van der Waals surface area contributed by atoms with Crippen molar-refractivity contribution in [3.8, 4) is 0 Å². The summed E-state index contributed by atoms with van der Waals surface area (Å²) in [5.74, 6) is -1.60. The minimum absolute atomic E-state index is 0.148. The molecule has 1 N–H and O–H groups in total. The van der Waals surface area contributed by atoms with Gasteiger partial charge >= 0.3 is 7.60 Å². The molecule has 0 radical (unpaired) electrons. The maximum atomic E-state index is 12.7. The van der Waals surface area contributed by atoms with Crippen LogP contribution in [0.2, 0.25) is 0 Å². The van der Waals surface area contributed by atoms with E-state index in [9.17, 15) is 9.36 Å². The van der Waals surface area contributed by atoms with E-state index in [-0.39, 0.29) is 13.2 Å². The Bertz CT molecular complexity index is 488. The summed E-state index contributed by atoms with van der Waals surface area (Å²) in [7, 11) is -3.66. The molecule has 1 amide bonds. The van der Waals surface area contributed by atoms with Gasteiger partial charge in [-0.15, -0.1) is 23.2 Å². The number of halogens is 2. The fourth-order valence-electron chi connectivity index (χ4n) is 1.64. The monoisotopic (exact) mass is 353 g/mol. The zero-order valence-electron chi connectivity index (χ0n) is 11.8. The van der Waals surface area contributed by atoms with Crippen molar-refractivity contribution in [1.29, 1.82) is 0 Å². The normalized spacial score (nSPS) is 13.2. The molecule has 0 aliphatic rings. The van der Waals surface area contributed by atoms with E-state index in [0.717, 1.165) is 0 Å². The Morgan fingerprint density at radius 2 is 1.71 bits per heavy atom. The largest absolute Gasteiger partial charge is 0.355 e. The number of rotatable bonds is 8. The predicted molar refractivity (Wildman–Crippen MR) is 84.0 cm³/mol. The first kappa shape index (κ1) is 18.5. The second-order valence-corrected chi connectivity index (χ2v) is 7.31. The molecule has 1 aromatic carbocycles. The van der Waals surface area contributed by atoms with Crippen LogP contribution in [0.3, 0.4) is 0 Å². The number of alkyl halides is 2. The van der Waals surface area contributed by atoms with Gasteiger partial charge in [-0.2, -0.15) is 0 Å². The van der Waals surface area contributed by atoms with Crippen LogP contribution >= 0.6 is 30.8 Å². The van der Waals surface area contributed by atoms with Crippen molar-refractivity contribution in [2.45, 2.75) is 24.5 Å². The molecule has 1 atom stereocenters. The third kappa shape index (κ3) is 5.28. The Morgan fingerprint density at radius 1 is 1.19 bits per heavy atom. The van der Waals surface area contributed by atoms with Gasteiger partial charge in [0.15, 0.2) is 5.78 Å². The second kappa shape index (κ2) is 8.76. The number of hydrogen-bond donors (Lipinski definition) is 1. The van der Waals surface area contributed by atoms with Crippen molar-refractivity contribution < 1.29 is 18.4 Å².